The highest BCUT2D eigenvalue weighted by molar-refractivity contribution is 9.10. The molecule has 0 aliphatic heterocycles. The molecule has 0 saturated carbocycles. The Bertz CT molecular complexity index is 613. The van der Waals surface area contributed by atoms with Crippen molar-refractivity contribution in [2.45, 2.75) is 13.5 Å². The van der Waals surface area contributed by atoms with Gasteiger partial charge in [-0.25, -0.2) is 0 Å². The Morgan fingerprint density at radius 1 is 1.26 bits per heavy atom. The molecule has 0 bridgehead atoms. The van der Waals surface area contributed by atoms with Gasteiger partial charge in [-0.1, -0.05) is 34.1 Å². The first-order valence-electron chi connectivity index (χ1n) is 5.69. The number of benzene rings is 2. The van der Waals surface area contributed by atoms with E-state index < -0.39 is 4.92 Å². The number of nitro groups is 1. The van der Waals surface area contributed by atoms with Gasteiger partial charge in [0.15, 0.2) is 0 Å². The van der Waals surface area contributed by atoms with Crippen LogP contribution in [0.2, 0.25) is 0 Å². The van der Waals surface area contributed by atoms with Gasteiger partial charge in [0.05, 0.1) is 11.0 Å². The molecule has 0 fully saturated rings. The van der Waals surface area contributed by atoms with Crippen molar-refractivity contribution in [3.8, 4) is 5.75 Å². The highest BCUT2D eigenvalue weighted by Gasteiger charge is 2.10. The summed E-state index contributed by atoms with van der Waals surface area (Å²) in [6.07, 6.45) is 0. The maximum atomic E-state index is 10.7. The molecule has 0 amide bonds. The Morgan fingerprint density at radius 3 is 2.68 bits per heavy atom. The van der Waals surface area contributed by atoms with Gasteiger partial charge in [-0.2, -0.15) is 0 Å². The summed E-state index contributed by atoms with van der Waals surface area (Å²) in [7, 11) is 0. The Hall–Kier alpha value is -1.88. The van der Waals surface area contributed by atoms with Gasteiger partial charge in [0, 0.05) is 16.1 Å². The van der Waals surface area contributed by atoms with Crippen LogP contribution in [0.3, 0.4) is 0 Å². The molecule has 0 N–H and O–H groups in total. The summed E-state index contributed by atoms with van der Waals surface area (Å²) in [6.45, 7) is 2.22. The van der Waals surface area contributed by atoms with Crippen LogP contribution in [-0.2, 0) is 6.61 Å². The van der Waals surface area contributed by atoms with Crippen molar-refractivity contribution in [3.63, 3.8) is 0 Å². The second kappa shape index (κ2) is 5.84. The molecular formula is C14H12BrNO3. The summed E-state index contributed by atoms with van der Waals surface area (Å²) in [4.78, 5) is 10.3. The van der Waals surface area contributed by atoms with Gasteiger partial charge in [0.25, 0.3) is 5.69 Å². The molecule has 0 aliphatic rings. The minimum atomic E-state index is -0.426. The number of nitrogens with zero attached hydrogens (tertiary/aromatic N) is 1. The number of rotatable bonds is 4. The van der Waals surface area contributed by atoms with Gasteiger partial charge in [0.2, 0.25) is 0 Å². The quantitative estimate of drug-likeness (QED) is 0.625. The average molecular weight is 322 g/mol. The lowest BCUT2D eigenvalue weighted by Crippen LogP contribution is -1.99. The van der Waals surface area contributed by atoms with Gasteiger partial charge >= 0.3 is 0 Å². The van der Waals surface area contributed by atoms with Crippen LogP contribution < -0.4 is 4.74 Å². The molecule has 0 saturated heterocycles. The van der Waals surface area contributed by atoms with Gasteiger partial charge in [0.1, 0.15) is 12.4 Å². The number of hydrogen-bond acceptors (Lipinski definition) is 3. The fourth-order valence-corrected chi connectivity index (χ4v) is 2.03. The molecule has 98 valence electrons. The molecule has 5 heteroatoms. The van der Waals surface area contributed by atoms with Crippen molar-refractivity contribution in [3.05, 3.63) is 68.2 Å². The maximum Gasteiger partial charge on any atom is 0.273 e. The van der Waals surface area contributed by atoms with Crippen molar-refractivity contribution in [1.82, 2.24) is 0 Å². The Morgan fingerprint density at radius 2 is 2.00 bits per heavy atom. The highest BCUT2D eigenvalue weighted by Crippen LogP contribution is 2.26. The smallest absolute Gasteiger partial charge is 0.273 e. The van der Waals surface area contributed by atoms with Gasteiger partial charge in [-0.15, -0.1) is 0 Å². The molecule has 4 nitrogen and oxygen atoms in total. The molecule has 2 rings (SSSR count). The maximum absolute atomic E-state index is 10.7. The zero-order chi connectivity index (χ0) is 13.8. The summed E-state index contributed by atoms with van der Waals surface area (Å²) in [6, 6.07) is 12.3. The summed E-state index contributed by atoms with van der Waals surface area (Å²) in [5, 5.41) is 10.7. The van der Waals surface area contributed by atoms with Gasteiger partial charge in [-0.3, -0.25) is 10.1 Å². The zero-order valence-electron chi connectivity index (χ0n) is 10.3. The predicted octanol–water partition coefficient (Wildman–Crippen LogP) is 4.24. The van der Waals surface area contributed by atoms with E-state index in [0.717, 1.165) is 15.6 Å². The second-order valence-electron chi connectivity index (χ2n) is 4.09. The van der Waals surface area contributed by atoms with Crippen molar-refractivity contribution in [1.29, 1.82) is 0 Å². The van der Waals surface area contributed by atoms with Crippen LogP contribution in [0.4, 0.5) is 5.69 Å². The third-order valence-electron chi connectivity index (χ3n) is 2.72. The predicted molar refractivity (Wildman–Crippen MR) is 76.3 cm³/mol. The van der Waals surface area contributed by atoms with E-state index in [0.29, 0.717) is 12.4 Å². The minimum absolute atomic E-state index is 0.0349. The van der Waals surface area contributed by atoms with Gasteiger partial charge < -0.3 is 4.74 Å². The first-order chi connectivity index (χ1) is 9.08. The van der Waals surface area contributed by atoms with E-state index in [-0.39, 0.29) is 5.69 Å². The summed E-state index contributed by atoms with van der Waals surface area (Å²) in [5.41, 5.74) is 1.90. The monoisotopic (exact) mass is 321 g/mol. The number of nitro benzene ring substituents is 1. The summed E-state index contributed by atoms with van der Waals surface area (Å²) < 4.78 is 6.62. The molecule has 0 heterocycles. The molecule has 0 unspecified atom stereocenters. The standard InChI is InChI=1S/C14H12BrNO3/c1-10-6-7-12(16(17)18)8-14(10)19-9-11-4-2-3-5-13(11)15/h2-8H,9H2,1H3. The second-order valence-corrected chi connectivity index (χ2v) is 4.94. The van der Waals surface area contributed by atoms with Crippen molar-refractivity contribution in [2.24, 2.45) is 0 Å². The molecule has 2 aromatic carbocycles. The lowest BCUT2D eigenvalue weighted by Gasteiger charge is -2.10. The highest BCUT2D eigenvalue weighted by atomic mass is 79.9. The van der Waals surface area contributed by atoms with Crippen LogP contribution in [0.5, 0.6) is 5.75 Å². The topological polar surface area (TPSA) is 52.4 Å². The van der Waals surface area contributed by atoms with E-state index in [1.807, 2.05) is 31.2 Å². The van der Waals surface area contributed by atoms with Crippen molar-refractivity contribution >= 4 is 21.6 Å². The van der Waals surface area contributed by atoms with Crippen LogP contribution in [0.1, 0.15) is 11.1 Å². The molecule has 0 spiro atoms. The molecule has 0 aromatic heterocycles. The number of halogens is 1. The lowest BCUT2D eigenvalue weighted by atomic mass is 10.2. The SMILES string of the molecule is Cc1ccc([N+](=O)[O-])cc1OCc1ccccc1Br. The van der Waals surface area contributed by atoms with Crippen LogP contribution in [0.15, 0.2) is 46.9 Å². The van der Waals surface area contributed by atoms with Crippen LogP contribution in [-0.4, -0.2) is 4.92 Å². The zero-order valence-corrected chi connectivity index (χ0v) is 11.9. The molecule has 0 radical (unpaired) electrons. The molecule has 0 atom stereocenters. The average Bonchev–Trinajstić information content (AvgIpc) is 2.39. The normalized spacial score (nSPS) is 10.2. The minimum Gasteiger partial charge on any atom is -0.488 e. The van der Waals surface area contributed by atoms with E-state index in [2.05, 4.69) is 15.9 Å². The number of hydrogen-bond donors (Lipinski definition) is 0. The fourth-order valence-electron chi connectivity index (χ4n) is 1.63. The van der Waals surface area contributed by atoms with E-state index >= 15 is 0 Å². The van der Waals surface area contributed by atoms with E-state index in [1.54, 1.807) is 6.07 Å². The molecule has 0 aliphatic carbocycles. The lowest BCUT2D eigenvalue weighted by molar-refractivity contribution is -0.385. The van der Waals surface area contributed by atoms with E-state index in [9.17, 15) is 10.1 Å². The first-order valence-corrected chi connectivity index (χ1v) is 6.48. The number of non-ortho nitro benzene ring substituents is 1. The van der Waals surface area contributed by atoms with E-state index in [4.69, 9.17) is 4.74 Å². The van der Waals surface area contributed by atoms with E-state index in [1.165, 1.54) is 12.1 Å². The van der Waals surface area contributed by atoms with Gasteiger partial charge in [-0.05, 0) is 24.6 Å². The Balaban J connectivity index is 2.17. The number of aryl methyl sites for hydroxylation is 1. The van der Waals surface area contributed by atoms with Crippen LogP contribution >= 0.6 is 15.9 Å². The molecule has 19 heavy (non-hydrogen) atoms. The first kappa shape index (κ1) is 13.5. The molecular weight excluding hydrogens is 310 g/mol. The van der Waals surface area contributed by atoms with Crippen LogP contribution in [0, 0.1) is 17.0 Å². The largest absolute Gasteiger partial charge is 0.488 e. The summed E-state index contributed by atoms with van der Waals surface area (Å²) in [5.74, 6) is 0.532. The third-order valence-corrected chi connectivity index (χ3v) is 3.50. The third kappa shape index (κ3) is 3.32. The Labute approximate surface area is 119 Å². The fraction of sp³-hybridized carbons (Fsp3) is 0.143. The Kier molecular flexibility index (Phi) is 4.16. The van der Waals surface area contributed by atoms with Crippen molar-refractivity contribution in [2.75, 3.05) is 0 Å². The summed E-state index contributed by atoms with van der Waals surface area (Å²) >= 11 is 3.44. The van der Waals surface area contributed by atoms with Crippen LogP contribution in [0.25, 0.3) is 0 Å². The van der Waals surface area contributed by atoms with Crippen molar-refractivity contribution < 1.29 is 9.66 Å². The number of ether oxygens (including phenoxy) is 1. The molecule has 2 aromatic rings.